The van der Waals surface area contributed by atoms with Crippen LogP contribution in [0.3, 0.4) is 0 Å². The van der Waals surface area contributed by atoms with E-state index < -0.39 is 22.6 Å². The van der Waals surface area contributed by atoms with E-state index in [4.69, 9.17) is 11.6 Å². The number of aromatic nitrogens is 2. The Morgan fingerprint density at radius 1 is 1.14 bits per heavy atom. The van der Waals surface area contributed by atoms with E-state index in [-0.39, 0.29) is 5.56 Å². The molecule has 0 fully saturated rings. The first-order valence-corrected chi connectivity index (χ1v) is 6.23. The Labute approximate surface area is 121 Å². The quantitative estimate of drug-likeness (QED) is 0.626. The second-order valence-electron chi connectivity index (χ2n) is 4.46. The van der Waals surface area contributed by atoms with Crippen molar-refractivity contribution in [3.63, 3.8) is 0 Å². The van der Waals surface area contributed by atoms with E-state index in [2.05, 4.69) is 9.97 Å². The Kier molecular flexibility index (Phi) is 3.13. The fourth-order valence-electron chi connectivity index (χ4n) is 2.11. The molecule has 0 aliphatic carbocycles. The first-order chi connectivity index (χ1) is 9.86. The Bertz CT molecular complexity index is 823. The molecule has 1 N–H and O–H groups in total. The second-order valence-corrected chi connectivity index (χ2v) is 4.86. The van der Waals surface area contributed by atoms with Crippen LogP contribution in [0.4, 0.5) is 17.6 Å². The molecule has 0 unspecified atom stereocenters. The van der Waals surface area contributed by atoms with Gasteiger partial charge in [-0.15, -0.1) is 0 Å². The number of hydrogen-bond acceptors (Lipinski definition) is 1. The zero-order valence-electron chi connectivity index (χ0n) is 10.3. The normalized spacial score (nSPS) is 12.0. The SMILES string of the molecule is Fc1cnccc1-c1cc2cc(C(F)(F)F)c(Cl)cc2[nH]1. The van der Waals surface area contributed by atoms with Gasteiger partial charge in [0.1, 0.15) is 0 Å². The molecule has 2 nitrogen and oxygen atoms in total. The maximum absolute atomic E-state index is 13.7. The van der Waals surface area contributed by atoms with Crippen molar-refractivity contribution in [1.29, 1.82) is 0 Å². The number of nitrogens with zero attached hydrogens (tertiary/aromatic N) is 1. The topological polar surface area (TPSA) is 28.7 Å². The lowest BCUT2D eigenvalue weighted by Gasteiger charge is -2.08. The van der Waals surface area contributed by atoms with Gasteiger partial charge >= 0.3 is 6.18 Å². The van der Waals surface area contributed by atoms with Crippen LogP contribution in [0.15, 0.2) is 36.7 Å². The van der Waals surface area contributed by atoms with E-state index in [1.807, 2.05) is 0 Å². The number of aromatic amines is 1. The van der Waals surface area contributed by atoms with Gasteiger partial charge in [0.2, 0.25) is 0 Å². The van der Waals surface area contributed by atoms with E-state index >= 15 is 0 Å². The van der Waals surface area contributed by atoms with E-state index in [9.17, 15) is 17.6 Å². The largest absolute Gasteiger partial charge is 0.417 e. The van der Waals surface area contributed by atoms with Crippen molar-refractivity contribution in [3.05, 3.63) is 53.1 Å². The summed E-state index contributed by atoms with van der Waals surface area (Å²) in [4.78, 5) is 6.48. The van der Waals surface area contributed by atoms with Crippen LogP contribution in [0.2, 0.25) is 5.02 Å². The average molecular weight is 315 g/mol. The third kappa shape index (κ3) is 2.47. The summed E-state index contributed by atoms with van der Waals surface area (Å²) >= 11 is 5.65. The molecule has 0 atom stereocenters. The predicted octanol–water partition coefficient (Wildman–Crippen LogP) is 5.04. The van der Waals surface area contributed by atoms with Gasteiger partial charge in [0.15, 0.2) is 5.82 Å². The standard InChI is InChI=1S/C14H7ClF4N2/c15-10-5-12-7(3-9(10)14(17,18)19)4-13(21-12)8-1-2-20-6-11(8)16/h1-6,21H. The predicted molar refractivity (Wildman–Crippen MR) is 71.5 cm³/mol. The number of fused-ring (bicyclic) bond motifs is 1. The number of rotatable bonds is 1. The number of H-pyrrole nitrogens is 1. The molecule has 0 aliphatic rings. The van der Waals surface area contributed by atoms with Crippen molar-refractivity contribution in [1.82, 2.24) is 9.97 Å². The van der Waals surface area contributed by atoms with Crippen LogP contribution in [-0.2, 0) is 6.18 Å². The summed E-state index contributed by atoms with van der Waals surface area (Å²) in [6, 6.07) is 5.00. The maximum atomic E-state index is 13.7. The highest BCUT2D eigenvalue weighted by atomic mass is 35.5. The lowest BCUT2D eigenvalue weighted by Crippen LogP contribution is -2.05. The van der Waals surface area contributed by atoms with Gasteiger partial charge in [0.25, 0.3) is 0 Å². The summed E-state index contributed by atoms with van der Waals surface area (Å²) < 4.78 is 52.1. The molecule has 2 aromatic heterocycles. The van der Waals surface area contributed by atoms with Crippen LogP contribution in [0.1, 0.15) is 5.56 Å². The Morgan fingerprint density at radius 2 is 1.90 bits per heavy atom. The fourth-order valence-corrected chi connectivity index (χ4v) is 2.38. The van der Waals surface area contributed by atoms with E-state index in [1.165, 1.54) is 24.4 Å². The van der Waals surface area contributed by atoms with Gasteiger partial charge in [0, 0.05) is 28.4 Å². The summed E-state index contributed by atoms with van der Waals surface area (Å²) in [6.45, 7) is 0. The summed E-state index contributed by atoms with van der Waals surface area (Å²) in [5, 5.41) is -0.100. The molecule has 21 heavy (non-hydrogen) atoms. The summed E-state index contributed by atoms with van der Waals surface area (Å²) in [6.07, 6.45) is -2.10. The molecule has 0 spiro atoms. The van der Waals surface area contributed by atoms with Crippen LogP contribution in [0, 0.1) is 5.82 Å². The van der Waals surface area contributed by atoms with Crippen molar-refractivity contribution in [2.45, 2.75) is 6.18 Å². The van der Waals surface area contributed by atoms with E-state index in [0.29, 0.717) is 16.6 Å². The minimum absolute atomic E-state index is 0.228. The van der Waals surface area contributed by atoms with Crippen molar-refractivity contribution < 1.29 is 17.6 Å². The second kappa shape index (κ2) is 4.73. The minimum Gasteiger partial charge on any atom is -0.354 e. The Hall–Kier alpha value is -2.08. The molecule has 0 saturated carbocycles. The molecular formula is C14H7ClF4N2. The number of benzene rings is 1. The van der Waals surface area contributed by atoms with Crippen molar-refractivity contribution >= 4 is 22.5 Å². The molecule has 0 aliphatic heterocycles. The Morgan fingerprint density at radius 3 is 2.57 bits per heavy atom. The van der Waals surface area contributed by atoms with Gasteiger partial charge in [-0.05, 0) is 24.3 Å². The zero-order chi connectivity index (χ0) is 15.2. The van der Waals surface area contributed by atoms with Crippen LogP contribution < -0.4 is 0 Å². The van der Waals surface area contributed by atoms with Crippen LogP contribution in [0.5, 0.6) is 0 Å². The highest BCUT2D eigenvalue weighted by molar-refractivity contribution is 6.32. The maximum Gasteiger partial charge on any atom is 0.417 e. The monoisotopic (exact) mass is 314 g/mol. The van der Waals surface area contributed by atoms with E-state index in [1.54, 1.807) is 0 Å². The molecule has 3 aromatic rings. The highest BCUT2D eigenvalue weighted by Crippen LogP contribution is 2.38. The van der Waals surface area contributed by atoms with Crippen LogP contribution >= 0.6 is 11.6 Å². The molecule has 7 heteroatoms. The zero-order valence-corrected chi connectivity index (χ0v) is 11.1. The highest BCUT2D eigenvalue weighted by Gasteiger charge is 2.33. The minimum atomic E-state index is -4.54. The molecule has 1 aromatic carbocycles. The summed E-state index contributed by atoms with van der Waals surface area (Å²) in [7, 11) is 0. The lowest BCUT2D eigenvalue weighted by molar-refractivity contribution is -0.137. The molecule has 0 amide bonds. The van der Waals surface area contributed by atoms with Gasteiger partial charge in [-0.25, -0.2) is 4.39 Å². The summed E-state index contributed by atoms with van der Waals surface area (Å²) in [5.41, 5.74) is 0.0720. The first kappa shape index (κ1) is 13.9. The Balaban J connectivity index is 2.20. The van der Waals surface area contributed by atoms with Crippen molar-refractivity contribution in [2.75, 3.05) is 0 Å². The van der Waals surface area contributed by atoms with Gasteiger partial charge < -0.3 is 4.98 Å². The number of alkyl halides is 3. The molecule has 0 radical (unpaired) electrons. The average Bonchev–Trinajstić information content (AvgIpc) is 2.79. The first-order valence-electron chi connectivity index (χ1n) is 5.85. The summed E-state index contributed by atoms with van der Waals surface area (Å²) in [5.74, 6) is -0.564. The fraction of sp³-hybridized carbons (Fsp3) is 0.0714. The molecular weight excluding hydrogens is 308 g/mol. The van der Waals surface area contributed by atoms with Crippen LogP contribution in [0.25, 0.3) is 22.2 Å². The molecule has 0 saturated heterocycles. The van der Waals surface area contributed by atoms with Gasteiger partial charge in [-0.1, -0.05) is 11.6 Å². The smallest absolute Gasteiger partial charge is 0.354 e. The molecule has 0 bridgehead atoms. The van der Waals surface area contributed by atoms with Crippen molar-refractivity contribution in [2.24, 2.45) is 0 Å². The number of pyridine rings is 1. The molecule has 2 heterocycles. The van der Waals surface area contributed by atoms with E-state index in [0.717, 1.165) is 12.3 Å². The van der Waals surface area contributed by atoms with Crippen LogP contribution in [-0.4, -0.2) is 9.97 Å². The number of nitrogens with one attached hydrogen (secondary N) is 1. The third-order valence-corrected chi connectivity index (χ3v) is 3.39. The lowest BCUT2D eigenvalue weighted by atomic mass is 10.1. The third-order valence-electron chi connectivity index (χ3n) is 3.08. The number of halogens is 5. The van der Waals surface area contributed by atoms with Gasteiger partial charge in [-0.2, -0.15) is 13.2 Å². The van der Waals surface area contributed by atoms with Gasteiger partial charge in [-0.3, -0.25) is 4.98 Å². The van der Waals surface area contributed by atoms with Crippen molar-refractivity contribution in [3.8, 4) is 11.3 Å². The number of hydrogen-bond donors (Lipinski definition) is 1. The molecule has 3 rings (SSSR count). The van der Waals surface area contributed by atoms with Gasteiger partial charge in [0.05, 0.1) is 16.8 Å². The molecule has 108 valence electrons.